The molecule has 118 valence electrons. The van der Waals surface area contributed by atoms with E-state index in [1.54, 1.807) is 19.1 Å². The Morgan fingerprint density at radius 3 is 2.57 bits per heavy atom. The van der Waals surface area contributed by atoms with Gasteiger partial charge in [0.2, 0.25) is 10.0 Å². The van der Waals surface area contributed by atoms with Crippen LogP contribution in [-0.4, -0.2) is 33.9 Å². The van der Waals surface area contributed by atoms with E-state index < -0.39 is 25.4 Å². The molecule has 1 aliphatic rings. The molecule has 21 heavy (non-hydrogen) atoms. The fraction of sp³-hybridized carbons (Fsp3) is 0.500. The van der Waals surface area contributed by atoms with Crippen molar-refractivity contribution in [3.63, 3.8) is 0 Å². The lowest BCUT2D eigenvalue weighted by Crippen LogP contribution is -2.46. The molecule has 0 bridgehead atoms. The van der Waals surface area contributed by atoms with Crippen LogP contribution in [0.3, 0.4) is 0 Å². The first-order chi connectivity index (χ1) is 9.57. The molecule has 0 amide bonds. The fourth-order valence-corrected chi connectivity index (χ4v) is 7.11. The summed E-state index contributed by atoms with van der Waals surface area (Å²) in [7, 11) is -6.99. The maximum atomic E-state index is 12.5. The van der Waals surface area contributed by atoms with Crippen molar-refractivity contribution >= 4 is 35.8 Å². The van der Waals surface area contributed by atoms with Crippen LogP contribution >= 0.6 is 15.9 Å². The summed E-state index contributed by atoms with van der Waals surface area (Å²) < 4.78 is 51.0. The third-order valence-electron chi connectivity index (χ3n) is 3.41. The molecule has 1 aliphatic heterocycles. The molecule has 3 N–H and O–H groups in total. The number of sulfonamides is 1. The van der Waals surface area contributed by atoms with Crippen LogP contribution in [0, 0.1) is 0 Å². The van der Waals surface area contributed by atoms with Crippen LogP contribution in [0.15, 0.2) is 27.6 Å². The lowest BCUT2D eigenvalue weighted by molar-refractivity contribution is 0.461. The largest absolute Gasteiger partial charge is 0.326 e. The Balaban J connectivity index is 2.31. The number of hydrogen-bond acceptors (Lipinski definition) is 5. The van der Waals surface area contributed by atoms with Crippen LogP contribution in [0.5, 0.6) is 0 Å². The van der Waals surface area contributed by atoms with E-state index in [2.05, 4.69) is 20.7 Å². The Bertz CT molecular complexity index is 761. The Kier molecular flexibility index (Phi) is 4.52. The maximum absolute atomic E-state index is 12.5. The molecule has 1 fully saturated rings. The zero-order valence-electron chi connectivity index (χ0n) is 11.5. The maximum Gasteiger partial charge on any atom is 0.242 e. The lowest BCUT2D eigenvalue weighted by Gasteiger charge is -2.24. The predicted molar refractivity (Wildman–Crippen MR) is 84.0 cm³/mol. The van der Waals surface area contributed by atoms with Gasteiger partial charge in [0, 0.05) is 16.6 Å². The van der Waals surface area contributed by atoms with Gasteiger partial charge in [0.25, 0.3) is 0 Å². The minimum Gasteiger partial charge on any atom is -0.326 e. The van der Waals surface area contributed by atoms with Crippen molar-refractivity contribution in [2.24, 2.45) is 5.73 Å². The lowest BCUT2D eigenvalue weighted by atomic mass is 10.0. The third kappa shape index (κ3) is 3.84. The summed E-state index contributed by atoms with van der Waals surface area (Å²) in [6.45, 7) is 1.92. The molecular formula is C12H17BrN2O4S2. The van der Waals surface area contributed by atoms with Crippen LogP contribution in [0.1, 0.15) is 18.9 Å². The Labute approximate surface area is 133 Å². The number of benzene rings is 1. The normalized spacial score (nSPS) is 25.1. The smallest absolute Gasteiger partial charge is 0.242 e. The van der Waals surface area contributed by atoms with Crippen LogP contribution in [0.25, 0.3) is 0 Å². The zero-order chi connectivity index (χ0) is 15.9. The molecule has 1 saturated heterocycles. The van der Waals surface area contributed by atoms with E-state index >= 15 is 0 Å². The summed E-state index contributed by atoms with van der Waals surface area (Å²) >= 11 is 3.22. The molecule has 1 heterocycles. The van der Waals surface area contributed by atoms with Crippen LogP contribution in [0.2, 0.25) is 0 Å². The molecule has 0 spiro atoms. The summed E-state index contributed by atoms with van der Waals surface area (Å²) in [4.78, 5) is 0.0743. The van der Waals surface area contributed by atoms with E-state index in [-0.39, 0.29) is 22.8 Å². The second-order valence-corrected chi connectivity index (χ2v) is 10.2. The zero-order valence-corrected chi connectivity index (χ0v) is 14.7. The Morgan fingerprint density at radius 2 is 2.10 bits per heavy atom. The number of nitrogens with one attached hydrogen (secondary N) is 1. The van der Waals surface area contributed by atoms with Gasteiger partial charge in [-0.05, 0) is 47.0 Å². The molecule has 1 unspecified atom stereocenters. The van der Waals surface area contributed by atoms with E-state index in [9.17, 15) is 16.8 Å². The Morgan fingerprint density at radius 1 is 1.43 bits per heavy atom. The van der Waals surface area contributed by atoms with E-state index in [0.29, 0.717) is 11.0 Å². The van der Waals surface area contributed by atoms with Crippen molar-refractivity contribution in [1.29, 1.82) is 0 Å². The number of rotatable bonds is 4. The highest BCUT2D eigenvalue weighted by Gasteiger charge is 2.41. The first-order valence-electron chi connectivity index (χ1n) is 6.30. The van der Waals surface area contributed by atoms with Gasteiger partial charge in [0.15, 0.2) is 9.84 Å². The van der Waals surface area contributed by atoms with Crippen LogP contribution < -0.4 is 10.5 Å². The van der Waals surface area contributed by atoms with Gasteiger partial charge in [-0.1, -0.05) is 6.07 Å². The second kappa shape index (κ2) is 5.62. The van der Waals surface area contributed by atoms with E-state index in [1.165, 1.54) is 6.07 Å². The van der Waals surface area contributed by atoms with Crippen LogP contribution in [-0.2, 0) is 26.4 Å². The number of hydrogen-bond donors (Lipinski definition) is 2. The summed E-state index contributed by atoms with van der Waals surface area (Å²) in [5.74, 6) is -0.183. The van der Waals surface area contributed by atoms with Crippen LogP contribution in [0.4, 0.5) is 0 Å². The molecule has 0 aliphatic carbocycles. The van der Waals surface area contributed by atoms with Gasteiger partial charge in [0.1, 0.15) is 0 Å². The van der Waals surface area contributed by atoms with Crippen molar-refractivity contribution < 1.29 is 16.8 Å². The summed E-state index contributed by atoms with van der Waals surface area (Å²) in [6, 6.07) is 4.73. The van der Waals surface area contributed by atoms with E-state index in [1.807, 2.05) is 0 Å². The van der Waals surface area contributed by atoms with E-state index in [0.717, 1.165) is 5.56 Å². The molecule has 1 atom stereocenters. The molecule has 0 radical (unpaired) electrons. The second-order valence-electron chi connectivity index (χ2n) is 5.48. The van der Waals surface area contributed by atoms with Crippen molar-refractivity contribution in [3.05, 3.63) is 28.2 Å². The monoisotopic (exact) mass is 396 g/mol. The number of halogens is 1. The predicted octanol–water partition coefficient (Wildman–Crippen LogP) is 0.763. The van der Waals surface area contributed by atoms with Crippen molar-refractivity contribution in [1.82, 2.24) is 4.72 Å². The molecule has 1 aromatic carbocycles. The van der Waals surface area contributed by atoms with Gasteiger partial charge in [-0.25, -0.2) is 21.6 Å². The van der Waals surface area contributed by atoms with Gasteiger partial charge in [0.05, 0.1) is 16.4 Å². The minimum absolute atomic E-state index is 0.000693. The quantitative estimate of drug-likeness (QED) is 0.781. The molecule has 0 aromatic heterocycles. The minimum atomic E-state index is -3.81. The SMILES string of the molecule is CC1(NS(=O)(=O)c2ccc(CN)cc2Br)CCS(=O)(=O)C1. The first-order valence-corrected chi connectivity index (χ1v) is 10.4. The Hall–Kier alpha value is -0.480. The van der Waals surface area contributed by atoms with Crippen molar-refractivity contribution in [2.75, 3.05) is 11.5 Å². The van der Waals surface area contributed by atoms with Gasteiger partial charge < -0.3 is 5.73 Å². The number of nitrogens with two attached hydrogens (primary N) is 1. The summed E-state index contributed by atoms with van der Waals surface area (Å²) in [6.07, 6.45) is 0.271. The highest BCUT2D eigenvalue weighted by Crippen LogP contribution is 2.28. The van der Waals surface area contributed by atoms with Gasteiger partial charge in [-0.15, -0.1) is 0 Å². The number of sulfone groups is 1. The molecule has 6 nitrogen and oxygen atoms in total. The standard InChI is InChI=1S/C12H17BrN2O4S2/c1-12(4-5-20(16,17)8-12)15-21(18,19)11-3-2-9(7-14)6-10(11)13/h2-3,6,15H,4-5,7-8,14H2,1H3. The molecule has 2 rings (SSSR count). The van der Waals surface area contributed by atoms with Gasteiger partial charge in [-0.2, -0.15) is 0 Å². The molecular weight excluding hydrogens is 380 g/mol. The average molecular weight is 397 g/mol. The van der Waals surface area contributed by atoms with Gasteiger partial charge in [-0.3, -0.25) is 0 Å². The summed E-state index contributed by atoms with van der Waals surface area (Å²) in [5.41, 5.74) is 5.34. The highest BCUT2D eigenvalue weighted by molar-refractivity contribution is 9.10. The third-order valence-corrected chi connectivity index (χ3v) is 7.92. The highest BCUT2D eigenvalue weighted by atomic mass is 79.9. The first kappa shape index (κ1) is 16.9. The van der Waals surface area contributed by atoms with Crippen molar-refractivity contribution in [2.45, 2.75) is 30.3 Å². The molecule has 9 heteroatoms. The molecule has 1 aromatic rings. The average Bonchev–Trinajstić information content (AvgIpc) is 2.61. The fourth-order valence-electron chi connectivity index (χ4n) is 2.36. The molecule has 0 saturated carbocycles. The van der Waals surface area contributed by atoms with E-state index in [4.69, 9.17) is 5.73 Å². The summed E-state index contributed by atoms with van der Waals surface area (Å²) in [5, 5.41) is 0. The van der Waals surface area contributed by atoms with Crippen molar-refractivity contribution in [3.8, 4) is 0 Å². The van der Waals surface area contributed by atoms with Gasteiger partial charge >= 0.3 is 0 Å². The topological polar surface area (TPSA) is 106 Å².